The van der Waals surface area contributed by atoms with Crippen molar-refractivity contribution in [1.82, 2.24) is 0 Å². The number of hydrogen-bond donors (Lipinski definition) is 0. The molecule has 0 aliphatic carbocycles. The van der Waals surface area contributed by atoms with Gasteiger partial charge in [0.25, 0.3) is 0 Å². The van der Waals surface area contributed by atoms with Crippen LogP contribution >= 0.6 is 0 Å². The van der Waals surface area contributed by atoms with Crippen molar-refractivity contribution >= 4 is 5.78 Å². The molecule has 0 saturated heterocycles. The van der Waals surface area contributed by atoms with Crippen LogP contribution in [0.15, 0.2) is 23.8 Å². The highest BCUT2D eigenvalue weighted by Gasteiger charge is 1.98. The van der Waals surface area contributed by atoms with Crippen LogP contribution in [0, 0.1) is 0 Å². The normalized spacial score (nSPS) is 11.5. The molecule has 1 nitrogen and oxygen atoms in total. The van der Waals surface area contributed by atoms with Gasteiger partial charge in [-0.3, -0.25) is 4.79 Å². The quantitative estimate of drug-likeness (QED) is 0.441. The second-order valence-corrected chi connectivity index (χ2v) is 3.97. The van der Waals surface area contributed by atoms with E-state index in [1.165, 1.54) is 11.1 Å². The summed E-state index contributed by atoms with van der Waals surface area (Å²) >= 11 is 0. The fourth-order valence-electron chi connectivity index (χ4n) is 1.26. The van der Waals surface area contributed by atoms with Crippen molar-refractivity contribution in [3.05, 3.63) is 23.8 Å². The van der Waals surface area contributed by atoms with Crippen LogP contribution in [0.2, 0.25) is 0 Å². The first-order valence-corrected chi connectivity index (χ1v) is 5.38. The summed E-state index contributed by atoms with van der Waals surface area (Å²) in [6, 6.07) is 0. The van der Waals surface area contributed by atoms with Crippen molar-refractivity contribution in [2.24, 2.45) is 0 Å². The molecular weight excluding hydrogens is 172 g/mol. The molecule has 0 spiro atoms. The van der Waals surface area contributed by atoms with Gasteiger partial charge in [0.05, 0.1) is 0 Å². The second kappa shape index (κ2) is 7.54. The number of ketones is 1. The van der Waals surface area contributed by atoms with E-state index < -0.39 is 0 Å². The minimum atomic E-state index is 0.332. The molecule has 0 fully saturated rings. The zero-order chi connectivity index (χ0) is 11.0. The molecular formula is C13H22O. The number of carbonyl (C=O) groups is 1. The Morgan fingerprint density at radius 1 is 1.36 bits per heavy atom. The van der Waals surface area contributed by atoms with E-state index in [1.54, 1.807) is 0 Å². The van der Waals surface area contributed by atoms with Crippen LogP contribution in [-0.2, 0) is 4.79 Å². The monoisotopic (exact) mass is 194 g/mol. The summed E-state index contributed by atoms with van der Waals surface area (Å²) in [5.41, 5.74) is 2.44. The Bertz CT molecular complexity index is 223. The molecule has 0 saturated carbocycles. The third-order valence-corrected chi connectivity index (χ3v) is 2.17. The molecule has 0 aromatic rings. The Morgan fingerprint density at radius 2 is 2.00 bits per heavy atom. The Hall–Kier alpha value is -0.850. The first-order valence-electron chi connectivity index (χ1n) is 5.38. The van der Waals surface area contributed by atoms with Crippen molar-refractivity contribution in [2.75, 3.05) is 0 Å². The van der Waals surface area contributed by atoms with Gasteiger partial charge in [0.2, 0.25) is 0 Å². The van der Waals surface area contributed by atoms with Gasteiger partial charge in [0.15, 0.2) is 0 Å². The van der Waals surface area contributed by atoms with Crippen LogP contribution in [0.4, 0.5) is 0 Å². The molecule has 0 radical (unpaired) electrons. The third kappa shape index (κ3) is 7.78. The maximum absolute atomic E-state index is 11.1. The van der Waals surface area contributed by atoms with Crippen LogP contribution in [-0.4, -0.2) is 5.78 Å². The molecule has 0 aromatic carbocycles. The summed E-state index contributed by atoms with van der Waals surface area (Å²) in [6.07, 6.45) is 6.76. The van der Waals surface area contributed by atoms with Crippen LogP contribution < -0.4 is 0 Å². The molecule has 80 valence electrons. The first-order chi connectivity index (χ1) is 6.56. The van der Waals surface area contributed by atoms with Gasteiger partial charge in [-0.15, -0.1) is 6.58 Å². The predicted octanol–water partition coefficient (Wildman–Crippen LogP) is 4.05. The molecule has 0 bridgehead atoms. The zero-order valence-electron chi connectivity index (χ0n) is 9.73. The van der Waals surface area contributed by atoms with Gasteiger partial charge in [-0.25, -0.2) is 0 Å². The van der Waals surface area contributed by atoms with Gasteiger partial charge < -0.3 is 0 Å². The second-order valence-electron chi connectivity index (χ2n) is 3.97. The SMILES string of the molecule is C=C(C)CCC/C=C(\C)CC(=O)CC. The van der Waals surface area contributed by atoms with Gasteiger partial charge in [-0.2, -0.15) is 0 Å². The van der Waals surface area contributed by atoms with Crippen molar-refractivity contribution in [3.63, 3.8) is 0 Å². The highest BCUT2D eigenvalue weighted by molar-refractivity contribution is 5.80. The molecule has 14 heavy (non-hydrogen) atoms. The first kappa shape index (κ1) is 13.2. The van der Waals surface area contributed by atoms with E-state index >= 15 is 0 Å². The lowest BCUT2D eigenvalue weighted by Crippen LogP contribution is -1.95. The maximum atomic E-state index is 11.1. The lowest BCUT2D eigenvalue weighted by molar-refractivity contribution is -0.118. The molecule has 0 unspecified atom stereocenters. The third-order valence-electron chi connectivity index (χ3n) is 2.17. The number of Topliss-reactive ketones (excluding diaryl/α,β-unsaturated/α-hetero) is 1. The van der Waals surface area contributed by atoms with Gasteiger partial charge in [-0.1, -0.05) is 24.1 Å². The van der Waals surface area contributed by atoms with Crippen molar-refractivity contribution < 1.29 is 4.79 Å². The summed E-state index contributed by atoms with van der Waals surface area (Å²) in [4.78, 5) is 11.1. The van der Waals surface area contributed by atoms with E-state index in [-0.39, 0.29) is 0 Å². The average molecular weight is 194 g/mol. The molecule has 0 N–H and O–H groups in total. The van der Waals surface area contributed by atoms with Gasteiger partial charge in [-0.05, 0) is 33.1 Å². The van der Waals surface area contributed by atoms with E-state index in [2.05, 4.69) is 19.6 Å². The molecule has 0 atom stereocenters. The van der Waals surface area contributed by atoms with Crippen LogP contribution in [0.3, 0.4) is 0 Å². The fourth-order valence-corrected chi connectivity index (χ4v) is 1.26. The zero-order valence-corrected chi connectivity index (χ0v) is 9.73. The smallest absolute Gasteiger partial charge is 0.136 e. The summed E-state index contributed by atoms with van der Waals surface area (Å²) in [5.74, 6) is 0.332. The number of unbranched alkanes of at least 4 members (excludes halogenated alkanes) is 1. The van der Waals surface area contributed by atoms with Gasteiger partial charge >= 0.3 is 0 Å². The Labute approximate surface area is 87.9 Å². The van der Waals surface area contributed by atoms with Crippen molar-refractivity contribution in [1.29, 1.82) is 0 Å². The molecule has 1 heteroatoms. The summed E-state index contributed by atoms with van der Waals surface area (Å²) < 4.78 is 0. The molecule has 0 heterocycles. The lowest BCUT2D eigenvalue weighted by atomic mass is 10.1. The van der Waals surface area contributed by atoms with Gasteiger partial charge in [0, 0.05) is 12.8 Å². The summed E-state index contributed by atoms with van der Waals surface area (Å²) in [6.45, 7) is 9.86. The summed E-state index contributed by atoms with van der Waals surface area (Å²) in [7, 11) is 0. The fraction of sp³-hybridized carbons (Fsp3) is 0.615. The Morgan fingerprint density at radius 3 is 2.50 bits per heavy atom. The van der Waals surface area contributed by atoms with Gasteiger partial charge in [0.1, 0.15) is 5.78 Å². The molecule has 0 aromatic heterocycles. The topological polar surface area (TPSA) is 17.1 Å². The molecule has 0 amide bonds. The number of hydrogen-bond acceptors (Lipinski definition) is 1. The largest absolute Gasteiger partial charge is 0.299 e. The number of allylic oxidation sites excluding steroid dienone is 3. The van der Waals surface area contributed by atoms with Crippen LogP contribution in [0.25, 0.3) is 0 Å². The number of rotatable bonds is 7. The predicted molar refractivity (Wildman–Crippen MR) is 62.3 cm³/mol. The standard InChI is InChI=1S/C13H22O/c1-5-13(14)10-12(4)9-7-6-8-11(2)3/h9H,2,5-8,10H2,1,3-4H3/b12-9+. The minimum Gasteiger partial charge on any atom is -0.299 e. The molecule has 0 aliphatic heterocycles. The number of carbonyl (C=O) groups excluding carboxylic acids is 1. The molecule has 0 rings (SSSR count). The Kier molecular flexibility index (Phi) is 7.09. The van der Waals surface area contributed by atoms with Crippen molar-refractivity contribution in [3.8, 4) is 0 Å². The minimum absolute atomic E-state index is 0.332. The highest BCUT2D eigenvalue weighted by atomic mass is 16.1. The van der Waals surface area contributed by atoms with E-state index in [1.807, 2.05) is 13.8 Å². The maximum Gasteiger partial charge on any atom is 0.136 e. The van der Waals surface area contributed by atoms with E-state index in [4.69, 9.17) is 0 Å². The van der Waals surface area contributed by atoms with E-state index in [0.717, 1.165) is 19.3 Å². The van der Waals surface area contributed by atoms with Crippen molar-refractivity contribution in [2.45, 2.75) is 52.9 Å². The van der Waals surface area contributed by atoms with Crippen LogP contribution in [0.1, 0.15) is 52.9 Å². The Balaban J connectivity index is 3.66. The lowest BCUT2D eigenvalue weighted by Gasteiger charge is -2.00. The molecule has 0 aliphatic rings. The summed E-state index contributed by atoms with van der Waals surface area (Å²) in [5, 5.41) is 0. The van der Waals surface area contributed by atoms with E-state index in [0.29, 0.717) is 18.6 Å². The van der Waals surface area contributed by atoms with E-state index in [9.17, 15) is 4.79 Å². The van der Waals surface area contributed by atoms with Crippen LogP contribution in [0.5, 0.6) is 0 Å². The average Bonchev–Trinajstić information content (AvgIpc) is 2.12. The highest BCUT2D eigenvalue weighted by Crippen LogP contribution is 2.09.